The highest BCUT2D eigenvalue weighted by atomic mass is 79.9. The lowest BCUT2D eigenvalue weighted by molar-refractivity contribution is -0.143. The molecule has 1 aromatic rings. The van der Waals surface area contributed by atoms with E-state index in [1.807, 2.05) is 0 Å². The van der Waals surface area contributed by atoms with Gasteiger partial charge in [0.25, 0.3) is 15.5 Å². The molecule has 0 amide bonds. The van der Waals surface area contributed by atoms with E-state index in [0.717, 1.165) is 0 Å². The summed E-state index contributed by atoms with van der Waals surface area (Å²) in [5, 5.41) is -0.391. The summed E-state index contributed by atoms with van der Waals surface area (Å²) in [6.45, 7) is 0. The van der Waals surface area contributed by atoms with Crippen LogP contribution in [0, 0.1) is 0 Å². The normalized spacial score (nSPS) is 13.1. The van der Waals surface area contributed by atoms with Crippen LogP contribution in [0.3, 0.4) is 0 Å². The molecule has 3 nitrogen and oxygen atoms in total. The van der Waals surface area contributed by atoms with Crippen LogP contribution in [0.5, 0.6) is 0 Å². The summed E-state index contributed by atoms with van der Waals surface area (Å²) in [5.41, 5.74) is -3.35. The van der Waals surface area contributed by atoms with Gasteiger partial charge in [-0.3, -0.25) is 0 Å². The van der Waals surface area contributed by atoms with Gasteiger partial charge < -0.3 is 0 Å². The van der Waals surface area contributed by atoms with E-state index in [-0.39, 0.29) is 6.07 Å². The zero-order valence-electron chi connectivity index (χ0n) is 8.68. The molecule has 0 atom stereocenters. The fraction of sp³-hybridized carbons (Fsp3) is 0.375. The molecule has 0 bridgehead atoms. The highest BCUT2D eigenvalue weighted by Crippen LogP contribution is 2.37. The second-order valence-electron chi connectivity index (χ2n) is 3.24. The molecule has 0 aliphatic rings. The van der Waals surface area contributed by atoms with E-state index in [1.54, 1.807) is 0 Å². The highest BCUT2D eigenvalue weighted by molar-refractivity contribution is 9.08. The van der Waals surface area contributed by atoms with Crippen LogP contribution in [-0.2, 0) is 20.6 Å². The Morgan fingerprint density at radius 3 is 2.21 bits per heavy atom. The molecular formula is C8H4BrClF5NO2S. The van der Waals surface area contributed by atoms with Gasteiger partial charge in [-0.2, -0.15) is 13.2 Å². The Bertz CT molecular complexity index is 590. The molecule has 1 aromatic heterocycles. The number of halogens is 7. The zero-order valence-corrected chi connectivity index (χ0v) is 11.8. The van der Waals surface area contributed by atoms with Crippen molar-refractivity contribution >= 4 is 35.7 Å². The van der Waals surface area contributed by atoms with Gasteiger partial charge >= 0.3 is 6.18 Å². The van der Waals surface area contributed by atoms with Gasteiger partial charge in [-0.15, -0.1) is 0 Å². The second kappa shape index (κ2) is 5.49. The van der Waals surface area contributed by atoms with Crippen LogP contribution in [0.4, 0.5) is 22.0 Å². The van der Waals surface area contributed by atoms with Crippen LogP contribution in [0.15, 0.2) is 11.0 Å². The van der Waals surface area contributed by atoms with Crippen LogP contribution in [-0.4, -0.2) is 13.4 Å². The number of alkyl halides is 6. The van der Waals surface area contributed by atoms with Crippen LogP contribution in [0.2, 0.25) is 0 Å². The minimum atomic E-state index is -5.13. The third-order valence-corrected chi connectivity index (χ3v) is 3.86. The Morgan fingerprint density at radius 1 is 1.37 bits per heavy atom. The summed E-state index contributed by atoms with van der Waals surface area (Å²) >= 11 is 2.71. The maximum Gasteiger partial charge on any atom is 0.434 e. The molecule has 108 valence electrons. The smallest absolute Gasteiger partial charge is 0.246 e. The van der Waals surface area contributed by atoms with Crippen molar-refractivity contribution in [1.82, 2.24) is 4.98 Å². The highest BCUT2D eigenvalue weighted by Gasteiger charge is 2.40. The summed E-state index contributed by atoms with van der Waals surface area (Å²) in [5.74, 6) is 0. The van der Waals surface area contributed by atoms with Crippen molar-refractivity contribution in [3.63, 3.8) is 0 Å². The van der Waals surface area contributed by atoms with Crippen molar-refractivity contribution in [2.24, 2.45) is 0 Å². The topological polar surface area (TPSA) is 47.0 Å². The molecule has 19 heavy (non-hydrogen) atoms. The maximum atomic E-state index is 12.6. The Balaban J connectivity index is 3.73. The first-order chi connectivity index (χ1) is 8.48. The Labute approximate surface area is 117 Å². The SMILES string of the molecule is O=S(=O)(Cl)c1cc(C(F)F)c(CBr)nc1C(F)(F)F. The third kappa shape index (κ3) is 3.76. The predicted molar refractivity (Wildman–Crippen MR) is 59.9 cm³/mol. The molecule has 1 rings (SSSR count). The molecule has 0 saturated heterocycles. The molecule has 0 radical (unpaired) electrons. The largest absolute Gasteiger partial charge is 0.434 e. The molecule has 0 aliphatic heterocycles. The van der Waals surface area contributed by atoms with Crippen LogP contribution < -0.4 is 0 Å². The van der Waals surface area contributed by atoms with Crippen molar-refractivity contribution in [3.05, 3.63) is 23.0 Å². The summed E-state index contributed by atoms with van der Waals surface area (Å²) in [4.78, 5) is 1.45. The van der Waals surface area contributed by atoms with E-state index in [0.29, 0.717) is 0 Å². The number of nitrogens with zero attached hydrogens (tertiary/aromatic N) is 1. The minimum absolute atomic E-state index is 0.194. The van der Waals surface area contributed by atoms with Crippen molar-refractivity contribution in [3.8, 4) is 0 Å². The maximum absolute atomic E-state index is 12.6. The van der Waals surface area contributed by atoms with E-state index >= 15 is 0 Å². The van der Waals surface area contributed by atoms with Crippen LogP contribution in [0.1, 0.15) is 23.4 Å². The lowest BCUT2D eigenvalue weighted by Gasteiger charge is -2.14. The average Bonchev–Trinajstić information content (AvgIpc) is 2.24. The summed E-state index contributed by atoms with van der Waals surface area (Å²) < 4.78 is 85.3. The summed E-state index contributed by atoms with van der Waals surface area (Å²) in [6.07, 6.45) is -8.31. The first kappa shape index (κ1) is 16.6. The van der Waals surface area contributed by atoms with E-state index in [9.17, 15) is 30.4 Å². The molecular weight excluding hydrogens is 385 g/mol. The Morgan fingerprint density at radius 2 is 1.89 bits per heavy atom. The number of pyridine rings is 1. The minimum Gasteiger partial charge on any atom is -0.246 e. The first-order valence-corrected chi connectivity index (χ1v) is 7.81. The van der Waals surface area contributed by atoms with Gasteiger partial charge in [0.15, 0.2) is 5.69 Å². The molecule has 1 heterocycles. The van der Waals surface area contributed by atoms with Gasteiger partial charge in [0.05, 0.1) is 5.69 Å². The molecule has 0 spiro atoms. The summed E-state index contributed by atoms with van der Waals surface area (Å²) in [7, 11) is -0.0390. The van der Waals surface area contributed by atoms with Crippen molar-refractivity contribution < 1.29 is 30.4 Å². The number of hydrogen-bond acceptors (Lipinski definition) is 3. The molecule has 0 fully saturated rings. The average molecular weight is 389 g/mol. The van der Waals surface area contributed by atoms with Gasteiger partial charge in [0.1, 0.15) is 4.90 Å². The summed E-state index contributed by atoms with van der Waals surface area (Å²) in [6, 6.07) is 0.194. The fourth-order valence-electron chi connectivity index (χ4n) is 1.23. The van der Waals surface area contributed by atoms with Gasteiger partial charge in [-0.1, -0.05) is 15.9 Å². The van der Waals surface area contributed by atoms with Gasteiger partial charge in [-0.05, 0) is 6.07 Å². The van der Waals surface area contributed by atoms with Gasteiger partial charge in [-0.25, -0.2) is 22.2 Å². The second-order valence-corrected chi connectivity index (χ2v) is 6.34. The Kier molecular flexibility index (Phi) is 4.79. The van der Waals surface area contributed by atoms with E-state index in [1.165, 1.54) is 0 Å². The monoisotopic (exact) mass is 387 g/mol. The van der Waals surface area contributed by atoms with E-state index < -0.39 is 48.8 Å². The molecule has 0 aliphatic carbocycles. The third-order valence-electron chi connectivity index (χ3n) is 1.99. The Hall–Kier alpha value is -0.480. The first-order valence-electron chi connectivity index (χ1n) is 4.38. The van der Waals surface area contributed by atoms with E-state index in [2.05, 4.69) is 20.9 Å². The molecule has 0 saturated carbocycles. The number of hydrogen-bond donors (Lipinski definition) is 0. The van der Waals surface area contributed by atoms with Crippen molar-refractivity contribution in [2.75, 3.05) is 0 Å². The van der Waals surface area contributed by atoms with Crippen LogP contribution >= 0.6 is 26.6 Å². The number of rotatable bonds is 3. The quantitative estimate of drug-likeness (QED) is 0.449. The number of aromatic nitrogens is 1. The van der Waals surface area contributed by atoms with Crippen LogP contribution in [0.25, 0.3) is 0 Å². The fourth-order valence-corrected chi connectivity index (χ4v) is 2.69. The molecule has 0 aromatic carbocycles. The zero-order chi connectivity index (χ0) is 15.0. The van der Waals surface area contributed by atoms with Crippen molar-refractivity contribution in [1.29, 1.82) is 0 Å². The molecule has 0 N–H and O–H groups in total. The molecule has 0 unspecified atom stereocenters. The lowest BCUT2D eigenvalue weighted by atomic mass is 10.2. The van der Waals surface area contributed by atoms with Gasteiger partial charge in [0.2, 0.25) is 0 Å². The lowest BCUT2D eigenvalue weighted by Crippen LogP contribution is -2.16. The van der Waals surface area contributed by atoms with E-state index in [4.69, 9.17) is 10.7 Å². The molecule has 11 heteroatoms. The predicted octanol–water partition coefficient (Wildman–Crippen LogP) is 3.86. The standard InChI is InChI=1S/C8H4BrClF5NO2S/c9-2-4-3(7(11)12)1-5(19(10,17)18)6(16-4)8(13,14)15/h1,7H,2H2. The van der Waals surface area contributed by atoms with Crippen molar-refractivity contribution in [2.45, 2.75) is 22.8 Å². The van der Waals surface area contributed by atoms with Gasteiger partial charge in [0, 0.05) is 21.6 Å².